The Bertz CT molecular complexity index is 313. The summed E-state index contributed by atoms with van der Waals surface area (Å²) in [6.45, 7) is 8.79. The Labute approximate surface area is 117 Å². The lowest BCUT2D eigenvalue weighted by Gasteiger charge is -2.22. The van der Waals surface area contributed by atoms with E-state index < -0.39 is 0 Å². The van der Waals surface area contributed by atoms with Crippen LogP contribution in [-0.4, -0.2) is 30.7 Å². The first kappa shape index (κ1) is 18.1. The normalized spacial score (nSPS) is 24.8. The molecule has 1 fully saturated rings. The van der Waals surface area contributed by atoms with Crippen LogP contribution in [0.1, 0.15) is 39.7 Å². The van der Waals surface area contributed by atoms with Gasteiger partial charge in [0, 0.05) is 13.5 Å². The first-order valence-electron chi connectivity index (χ1n) is 6.98. The molecule has 1 heterocycles. The van der Waals surface area contributed by atoms with E-state index in [4.69, 9.17) is 14.6 Å². The van der Waals surface area contributed by atoms with Crippen LogP contribution in [0, 0.1) is 0 Å². The van der Waals surface area contributed by atoms with Crippen LogP contribution in [0.5, 0.6) is 0 Å². The third-order valence-electron chi connectivity index (χ3n) is 2.78. The van der Waals surface area contributed by atoms with Gasteiger partial charge in [-0.1, -0.05) is 44.2 Å². The van der Waals surface area contributed by atoms with E-state index in [0.717, 1.165) is 20.0 Å². The number of benzene rings is 1. The second kappa shape index (κ2) is 9.96. The summed E-state index contributed by atoms with van der Waals surface area (Å²) in [6.07, 6.45) is 2.15. The molecular weight excluding hydrogens is 240 g/mol. The highest BCUT2D eigenvalue weighted by Crippen LogP contribution is 2.27. The van der Waals surface area contributed by atoms with Crippen molar-refractivity contribution in [2.45, 2.75) is 52.4 Å². The van der Waals surface area contributed by atoms with Crippen LogP contribution < -0.4 is 0 Å². The van der Waals surface area contributed by atoms with Gasteiger partial charge in [0.1, 0.15) is 0 Å². The molecule has 1 aliphatic heterocycles. The van der Waals surface area contributed by atoms with E-state index >= 15 is 0 Å². The van der Waals surface area contributed by atoms with Crippen molar-refractivity contribution >= 4 is 0 Å². The third kappa shape index (κ3) is 6.71. The molecule has 1 N–H and O–H groups in total. The molecule has 1 aromatic carbocycles. The van der Waals surface area contributed by atoms with Gasteiger partial charge in [0.25, 0.3) is 0 Å². The van der Waals surface area contributed by atoms with Crippen molar-refractivity contribution in [3.8, 4) is 0 Å². The fourth-order valence-electron chi connectivity index (χ4n) is 1.93. The largest absolute Gasteiger partial charge is 0.400 e. The zero-order valence-electron chi connectivity index (χ0n) is 12.8. The van der Waals surface area contributed by atoms with Crippen LogP contribution in [0.3, 0.4) is 0 Å². The average Bonchev–Trinajstić information content (AvgIpc) is 2.82. The van der Waals surface area contributed by atoms with Crippen LogP contribution in [0.4, 0.5) is 0 Å². The van der Waals surface area contributed by atoms with Gasteiger partial charge >= 0.3 is 0 Å². The highest BCUT2D eigenvalue weighted by molar-refractivity contribution is 5.14. The van der Waals surface area contributed by atoms with E-state index in [1.54, 1.807) is 0 Å². The van der Waals surface area contributed by atoms with E-state index in [2.05, 4.69) is 24.3 Å². The second-order valence-electron chi connectivity index (χ2n) is 4.36. The summed E-state index contributed by atoms with van der Waals surface area (Å²) in [5, 5.41) is 7.00. The first-order valence-corrected chi connectivity index (χ1v) is 6.98. The van der Waals surface area contributed by atoms with Gasteiger partial charge < -0.3 is 14.6 Å². The SMILES string of the molecule is CC.CC1COC(C)(CCc2ccccc2)O1.CO. The Balaban J connectivity index is 0.000000741. The fourth-order valence-corrected chi connectivity index (χ4v) is 1.93. The molecular formula is C16H28O3. The summed E-state index contributed by atoms with van der Waals surface area (Å²) in [6, 6.07) is 10.5. The molecule has 0 amide bonds. The summed E-state index contributed by atoms with van der Waals surface area (Å²) >= 11 is 0. The minimum Gasteiger partial charge on any atom is -0.400 e. The monoisotopic (exact) mass is 268 g/mol. The summed E-state index contributed by atoms with van der Waals surface area (Å²) in [7, 11) is 1.00. The maximum absolute atomic E-state index is 7.00. The Morgan fingerprint density at radius 2 is 1.79 bits per heavy atom. The number of aliphatic hydroxyl groups is 1. The molecule has 19 heavy (non-hydrogen) atoms. The lowest BCUT2D eigenvalue weighted by atomic mass is 10.1. The van der Waals surface area contributed by atoms with E-state index in [1.807, 2.05) is 33.8 Å². The van der Waals surface area contributed by atoms with Crippen LogP contribution in [-0.2, 0) is 15.9 Å². The zero-order valence-corrected chi connectivity index (χ0v) is 12.8. The third-order valence-corrected chi connectivity index (χ3v) is 2.78. The van der Waals surface area contributed by atoms with E-state index in [9.17, 15) is 0 Å². The van der Waals surface area contributed by atoms with Gasteiger partial charge in [0.15, 0.2) is 5.79 Å². The van der Waals surface area contributed by atoms with Gasteiger partial charge in [-0.15, -0.1) is 0 Å². The standard InChI is InChI=1S/C13H18O2.C2H6.CH4O/c1-11-10-14-13(2,15-11)9-8-12-6-4-3-5-7-12;2*1-2/h3-7,11H,8-10H2,1-2H3;1-2H3;2H,1H3. The second-order valence-corrected chi connectivity index (χ2v) is 4.36. The molecule has 1 saturated heterocycles. The van der Waals surface area contributed by atoms with E-state index in [1.165, 1.54) is 5.56 Å². The first-order chi connectivity index (χ1) is 9.18. The molecule has 0 saturated carbocycles. The van der Waals surface area contributed by atoms with Gasteiger partial charge in [0.2, 0.25) is 0 Å². The lowest BCUT2D eigenvalue weighted by molar-refractivity contribution is -0.155. The molecule has 0 aromatic heterocycles. The van der Waals surface area contributed by atoms with Crippen molar-refractivity contribution in [2.24, 2.45) is 0 Å². The molecule has 0 bridgehead atoms. The van der Waals surface area contributed by atoms with Gasteiger partial charge in [-0.25, -0.2) is 0 Å². The van der Waals surface area contributed by atoms with Gasteiger partial charge in [-0.3, -0.25) is 0 Å². The van der Waals surface area contributed by atoms with Crippen molar-refractivity contribution < 1.29 is 14.6 Å². The molecule has 1 aromatic rings. The molecule has 0 radical (unpaired) electrons. The molecule has 2 unspecified atom stereocenters. The molecule has 1 aliphatic rings. The topological polar surface area (TPSA) is 38.7 Å². The molecule has 0 aliphatic carbocycles. The number of aliphatic hydroxyl groups excluding tert-OH is 1. The minimum atomic E-state index is -0.380. The van der Waals surface area contributed by atoms with E-state index in [-0.39, 0.29) is 11.9 Å². The molecule has 2 atom stereocenters. The summed E-state index contributed by atoms with van der Waals surface area (Å²) in [5.74, 6) is -0.380. The quantitative estimate of drug-likeness (QED) is 0.913. The smallest absolute Gasteiger partial charge is 0.166 e. The highest BCUT2D eigenvalue weighted by Gasteiger charge is 2.34. The van der Waals surface area contributed by atoms with Crippen LogP contribution >= 0.6 is 0 Å². The summed E-state index contributed by atoms with van der Waals surface area (Å²) in [4.78, 5) is 0. The van der Waals surface area contributed by atoms with Gasteiger partial charge in [-0.2, -0.15) is 0 Å². The molecule has 0 spiro atoms. The molecule has 2 rings (SSSR count). The Kier molecular flexibility index (Phi) is 9.48. The average molecular weight is 268 g/mol. The number of ether oxygens (including phenoxy) is 2. The number of aryl methyl sites for hydroxylation is 1. The number of hydrogen-bond donors (Lipinski definition) is 1. The van der Waals surface area contributed by atoms with Gasteiger partial charge in [-0.05, 0) is 25.8 Å². The fraction of sp³-hybridized carbons (Fsp3) is 0.625. The maximum atomic E-state index is 7.00. The molecule has 110 valence electrons. The van der Waals surface area contributed by atoms with Crippen molar-refractivity contribution in [2.75, 3.05) is 13.7 Å². The molecule has 3 nitrogen and oxygen atoms in total. The highest BCUT2D eigenvalue weighted by atomic mass is 16.7. The predicted octanol–water partition coefficient (Wildman–Crippen LogP) is 3.41. The van der Waals surface area contributed by atoms with Crippen molar-refractivity contribution in [1.82, 2.24) is 0 Å². The maximum Gasteiger partial charge on any atom is 0.166 e. The van der Waals surface area contributed by atoms with Crippen molar-refractivity contribution in [1.29, 1.82) is 0 Å². The Hall–Kier alpha value is -0.900. The van der Waals surface area contributed by atoms with Crippen LogP contribution in [0.25, 0.3) is 0 Å². The Morgan fingerprint density at radius 1 is 1.21 bits per heavy atom. The minimum absolute atomic E-state index is 0.228. The van der Waals surface area contributed by atoms with Crippen molar-refractivity contribution in [3.05, 3.63) is 35.9 Å². The van der Waals surface area contributed by atoms with Crippen molar-refractivity contribution in [3.63, 3.8) is 0 Å². The van der Waals surface area contributed by atoms with Crippen LogP contribution in [0.15, 0.2) is 30.3 Å². The zero-order chi connectivity index (χ0) is 14.7. The number of hydrogen-bond acceptors (Lipinski definition) is 3. The molecule has 3 heteroatoms. The lowest BCUT2D eigenvalue weighted by Crippen LogP contribution is -2.26. The van der Waals surface area contributed by atoms with Crippen LogP contribution in [0.2, 0.25) is 0 Å². The Morgan fingerprint density at radius 3 is 2.26 bits per heavy atom. The number of rotatable bonds is 3. The summed E-state index contributed by atoms with van der Waals surface area (Å²) < 4.78 is 11.4. The van der Waals surface area contributed by atoms with Gasteiger partial charge in [0.05, 0.1) is 12.7 Å². The van der Waals surface area contributed by atoms with E-state index in [0.29, 0.717) is 6.61 Å². The summed E-state index contributed by atoms with van der Waals surface area (Å²) in [5.41, 5.74) is 1.34. The predicted molar refractivity (Wildman–Crippen MR) is 79.2 cm³/mol.